The third-order valence-electron chi connectivity index (χ3n) is 3.61. The van der Waals surface area contributed by atoms with E-state index in [1.807, 2.05) is 18.2 Å². The van der Waals surface area contributed by atoms with Crippen molar-refractivity contribution in [2.24, 2.45) is 0 Å². The number of hydrogen-bond donors (Lipinski definition) is 2. The molecule has 8 heteroatoms. The molecule has 2 aromatic rings. The van der Waals surface area contributed by atoms with Crippen LogP contribution in [0.4, 0.5) is 5.82 Å². The number of ether oxygens (including phenoxy) is 3. The van der Waals surface area contributed by atoms with E-state index in [0.29, 0.717) is 25.5 Å². The zero-order valence-corrected chi connectivity index (χ0v) is 13.9. The minimum absolute atomic E-state index is 0.245. The number of amides is 1. The topological polar surface area (TPSA) is 94.6 Å². The first-order valence-electron chi connectivity index (χ1n) is 7.98. The van der Waals surface area contributed by atoms with E-state index in [2.05, 4.69) is 20.6 Å². The number of fused-ring (bicyclic) bond motifs is 1. The van der Waals surface area contributed by atoms with Gasteiger partial charge in [0.15, 0.2) is 11.5 Å². The molecule has 0 aliphatic carbocycles. The van der Waals surface area contributed by atoms with Gasteiger partial charge in [0.1, 0.15) is 11.5 Å². The lowest BCUT2D eigenvalue weighted by atomic mass is 10.2. The van der Waals surface area contributed by atoms with E-state index in [-0.39, 0.29) is 18.4 Å². The van der Waals surface area contributed by atoms with E-state index in [1.165, 1.54) is 12.4 Å². The summed E-state index contributed by atoms with van der Waals surface area (Å²) in [5.74, 6) is 1.84. The second-order valence-corrected chi connectivity index (χ2v) is 5.43. The van der Waals surface area contributed by atoms with Crippen molar-refractivity contribution in [3.05, 3.63) is 41.9 Å². The largest absolute Gasteiger partial charge is 0.454 e. The Morgan fingerprint density at radius 2 is 2.12 bits per heavy atom. The number of aromatic nitrogens is 2. The maximum atomic E-state index is 11.9. The minimum atomic E-state index is -0.245. The van der Waals surface area contributed by atoms with Crippen molar-refractivity contribution in [3.63, 3.8) is 0 Å². The van der Waals surface area contributed by atoms with Gasteiger partial charge in [-0.3, -0.25) is 4.79 Å². The molecule has 0 bridgehead atoms. The van der Waals surface area contributed by atoms with Crippen molar-refractivity contribution >= 4 is 11.7 Å². The molecule has 0 atom stereocenters. The maximum Gasteiger partial charge on any atom is 0.271 e. The molecule has 1 amide bonds. The summed E-state index contributed by atoms with van der Waals surface area (Å²) in [6.45, 7) is 1.97. The Hall–Kier alpha value is -2.87. The fourth-order valence-electron chi connectivity index (χ4n) is 2.29. The number of methoxy groups -OCH3 is 1. The van der Waals surface area contributed by atoms with Gasteiger partial charge in [-0.2, -0.15) is 0 Å². The Morgan fingerprint density at radius 3 is 2.92 bits per heavy atom. The molecule has 1 aliphatic heterocycles. The van der Waals surface area contributed by atoms with Crippen molar-refractivity contribution in [3.8, 4) is 11.5 Å². The molecular formula is C17H20N4O4. The van der Waals surface area contributed by atoms with Crippen molar-refractivity contribution in [1.29, 1.82) is 0 Å². The van der Waals surface area contributed by atoms with Crippen molar-refractivity contribution in [2.75, 3.05) is 32.4 Å². The van der Waals surface area contributed by atoms with Crippen LogP contribution in [0.2, 0.25) is 0 Å². The summed E-state index contributed by atoms with van der Waals surface area (Å²) in [5.41, 5.74) is 1.32. The summed E-state index contributed by atoms with van der Waals surface area (Å²) < 4.78 is 15.6. The predicted molar refractivity (Wildman–Crippen MR) is 90.7 cm³/mol. The summed E-state index contributed by atoms with van der Waals surface area (Å²) in [5, 5.41) is 5.93. The lowest BCUT2D eigenvalue weighted by Gasteiger charge is -2.07. The minimum Gasteiger partial charge on any atom is -0.454 e. The quantitative estimate of drug-likeness (QED) is 0.702. The third kappa shape index (κ3) is 4.57. The number of rotatable bonds is 8. The van der Waals surface area contributed by atoms with Crippen molar-refractivity contribution < 1.29 is 19.0 Å². The molecule has 2 N–H and O–H groups in total. The van der Waals surface area contributed by atoms with Gasteiger partial charge in [-0.15, -0.1) is 0 Å². The Balaban J connectivity index is 1.50. The van der Waals surface area contributed by atoms with Gasteiger partial charge in [0.05, 0.1) is 12.4 Å². The predicted octanol–water partition coefficient (Wildman–Crippen LogP) is 1.58. The lowest BCUT2D eigenvalue weighted by Crippen LogP contribution is -2.26. The van der Waals surface area contributed by atoms with Gasteiger partial charge in [-0.25, -0.2) is 9.97 Å². The van der Waals surface area contributed by atoms with E-state index < -0.39 is 0 Å². The highest BCUT2D eigenvalue weighted by Gasteiger charge is 2.13. The Labute approximate surface area is 145 Å². The summed E-state index contributed by atoms with van der Waals surface area (Å²) >= 11 is 0. The Morgan fingerprint density at radius 1 is 1.24 bits per heavy atom. The van der Waals surface area contributed by atoms with Gasteiger partial charge in [0, 0.05) is 26.8 Å². The molecule has 1 aromatic carbocycles. The standard InChI is InChI=1S/C17H20N4O4/c1-23-6-2-5-18-17(22)13-9-21-16(10-19-13)20-8-12-3-4-14-15(7-12)25-11-24-14/h3-4,7,9-10H,2,5-6,8,11H2,1H3,(H,18,22)(H,20,21). The van der Waals surface area contributed by atoms with Crippen LogP contribution in [0.15, 0.2) is 30.6 Å². The normalized spacial score (nSPS) is 12.0. The zero-order valence-electron chi connectivity index (χ0n) is 13.9. The average molecular weight is 344 g/mol. The van der Waals surface area contributed by atoms with Gasteiger partial charge < -0.3 is 24.8 Å². The van der Waals surface area contributed by atoms with Gasteiger partial charge in [-0.05, 0) is 24.1 Å². The summed E-state index contributed by atoms with van der Waals surface area (Å²) in [4.78, 5) is 20.3. The van der Waals surface area contributed by atoms with Crippen LogP contribution < -0.4 is 20.1 Å². The number of nitrogens with one attached hydrogen (secondary N) is 2. The number of anilines is 1. The van der Waals surface area contributed by atoms with E-state index in [9.17, 15) is 4.79 Å². The average Bonchev–Trinajstić information content (AvgIpc) is 3.11. The Kier molecular flexibility index (Phi) is 5.63. The molecule has 132 valence electrons. The van der Waals surface area contributed by atoms with Crippen LogP contribution in [0, 0.1) is 0 Å². The van der Waals surface area contributed by atoms with Crippen LogP contribution >= 0.6 is 0 Å². The highest BCUT2D eigenvalue weighted by molar-refractivity contribution is 5.91. The lowest BCUT2D eigenvalue weighted by molar-refractivity contribution is 0.0943. The summed E-state index contributed by atoms with van der Waals surface area (Å²) in [6, 6.07) is 5.75. The molecule has 0 saturated heterocycles. The van der Waals surface area contributed by atoms with E-state index in [0.717, 1.165) is 23.5 Å². The second kappa shape index (κ2) is 8.29. The highest BCUT2D eigenvalue weighted by atomic mass is 16.7. The molecule has 1 aliphatic rings. The van der Waals surface area contributed by atoms with Gasteiger partial charge in [0.2, 0.25) is 6.79 Å². The number of carbonyl (C=O) groups excluding carboxylic acids is 1. The number of hydrogen-bond acceptors (Lipinski definition) is 7. The third-order valence-corrected chi connectivity index (χ3v) is 3.61. The van der Waals surface area contributed by atoms with E-state index in [1.54, 1.807) is 7.11 Å². The van der Waals surface area contributed by atoms with Gasteiger partial charge in [0.25, 0.3) is 5.91 Å². The molecular weight excluding hydrogens is 324 g/mol. The fraction of sp³-hybridized carbons (Fsp3) is 0.353. The molecule has 2 heterocycles. The number of carbonyl (C=O) groups is 1. The van der Waals surface area contributed by atoms with E-state index >= 15 is 0 Å². The SMILES string of the molecule is COCCCNC(=O)c1cnc(NCc2ccc3c(c2)OCO3)cn1. The van der Waals surface area contributed by atoms with Gasteiger partial charge >= 0.3 is 0 Å². The molecule has 8 nitrogen and oxygen atoms in total. The highest BCUT2D eigenvalue weighted by Crippen LogP contribution is 2.32. The molecule has 0 fully saturated rings. The Bertz CT molecular complexity index is 721. The van der Waals surface area contributed by atoms with Crippen LogP contribution in [-0.2, 0) is 11.3 Å². The van der Waals surface area contributed by atoms with Crippen LogP contribution in [-0.4, -0.2) is 42.9 Å². The molecule has 0 unspecified atom stereocenters. The molecule has 3 rings (SSSR count). The maximum absolute atomic E-state index is 11.9. The van der Waals surface area contributed by atoms with Crippen molar-refractivity contribution in [1.82, 2.24) is 15.3 Å². The molecule has 0 spiro atoms. The van der Waals surface area contributed by atoms with Crippen LogP contribution in [0.3, 0.4) is 0 Å². The van der Waals surface area contributed by atoms with Crippen LogP contribution in [0.25, 0.3) is 0 Å². The molecule has 0 radical (unpaired) electrons. The molecule has 1 aromatic heterocycles. The van der Waals surface area contributed by atoms with Crippen LogP contribution in [0.1, 0.15) is 22.5 Å². The first-order chi connectivity index (χ1) is 12.3. The van der Waals surface area contributed by atoms with E-state index in [4.69, 9.17) is 14.2 Å². The fourth-order valence-corrected chi connectivity index (χ4v) is 2.29. The summed E-state index contributed by atoms with van der Waals surface area (Å²) in [6.07, 6.45) is 3.75. The smallest absolute Gasteiger partial charge is 0.271 e. The number of benzene rings is 1. The van der Waals surface area contributed by atoms with Gasteiger partial charge in [-0.1, -0.05) is 6.07 Å². The first kappa shape index (κ1) is 17.0. The first-order valence-corrected chi connectivity index (χ1v) is 7.98. The zero-order chi connectivity index (χ0) is 17.5. The monoisotopic (exact) mass is 344 g/mol. The summed E-state index contributed by atoms with van der Waals surface area (Å²) in [7, 11) is 1.63. The number of nitrogens with zero attached hydrogens (tertiary/aromatic N) is 2. The van der Waals surface area contributed by atoms with Crippen molar-refractivity contribution in [2.45, 2.75) is 13.0 Å². The van der Waals surface area contributed by atoms with Crippen LogP contribution in [0.5, 0.6) is 11.5 Å². The molecule has 0 saturated carbocycles. The second-order valence-electron chi connectivity index (χ2n) is 5.43. The molecule has 25 heavy (non-hydrogen) atoms.